The maximum Gasteiger partial charge on any atom is 0.287 e. The van der Waals surface area contributed by atoms with E-state index in [0.717, 1.165) is 25.7 Å². The van der Waals surface area contributed by atoms with E-state index in [1.54, 1.807) is 10.6 Å². The first-order chi connectivity index (χ1) is 12.3. The second-order valence-electron chi connectivity index (χ2n) is 8.11. The highest BCUT2D eigenvalue weighted by atomic mass is 16.2. The fourth-order valence-electron chi connectivity index (χ4n) is 3.44. The van der Waals surface area contributed by atoms with Crippen LogP contribution in [0.2, 0.25) is 0 Å². The third-order valence-electron chi connectivity index (χ3n) is 4.65. The van der Waals surface area contributed by atoms with Gasteiger partial charge in [-0.3, -0.25) is 14.0 Å². The van der Waals surface area contributed by atoms with Crippen molar-refractivity contribution in [2.45, 2.75) is 70.9 Å². The van der Waals surface area contributed by atoms with Gasteiger partial charge in [-0.25, -0.2) is 4.98 Å². The van der Waals surface area contributed by atoms with Gasteiger partial charge in [0.1, 0.15) is 0 Å². The molecule has 2 aromatic rings. The van der Waals surface area contributed by atoms with Crippen LogP contribution in [0, 0.1) is 0 Å². The lowest BCUT2D eigenvalue weighted by molar-refractivity contribution is 0.0916. The number of fused-ring (bicyclic) bond motifs is 1. The van der Waals surface area contributed by atoms with Crippen LogP contribution in [0.1, 0.15) is 80.4 Å². The van der Waals surface area contributed by atoms with Crippen LogP contribution in [0.15, 0.2) is 24.4 Å². The molecule has 0 saturated heterocycles. The summed E-state index contributed by atoms with van der Waals surface area (Å²) in [6, 6.07) is 5.68. The molecule has 0 aromatic carbocycles. The van der Waals surface area contributed by atoms with Crippen molar-refractivity contribution in [3.8, 4) is 0 Å². The van der Waals surface area contributed by atoms with E-state index in [1.807, 2.05) is 39.0 Å². The lowest BCUT2D eigenvalue weighted by Crippen LogP contribution is -2.40. The van der Waals surface area contributed by atoms with E-state index in [4.69, 9.17) is 0 Å². The van der Waals surface area contributed by atoms with E-state index in [2.05, 4.69) is 15.6 Å². The Balaban J connectivity index is 1.88. The van der Waals surface area contributed by atoms with Gasteiger partial charge in [-0.05, 0) is 45.7 Å². The summed E-state index contributed by atoms with van der Waals surface area (Å²) >= 11 is 0. The van der Waals surface area contributed by atoms with Crippen molar-refractivity contribution in [3.05, 3.63) is 35.9 Å². The van der Waals surface area contributed by atoms with Gasteiger partial charge in [-0.15, -0.1) is 0 Å². The Bertz CT molecular complexity index is 796. The molecule has 1 fully saturated rings. The second-order valence-corrected chi connectivity index (χ2v) is 8.11. The third kappa shape index (κ3) is 4.23. The molecule has 0 atom stereocenters. The van der Waals surface area contributed by atoms with Crippen LogP contribution in [-0.4, -0.2) is 32.8 Å². The topological polar surface area (TPSA) is 75.5 Å². The average Bonchev–Trinajstić information content (AvgIpc) is 2.77. The van der Waals surface area contributed by atoms with E-state index in [-0.39, 0.29) is 34.9 Å². The molecule has 2 heterocycles. The molecule has 0 radical (unpaired) electrons. The molecule has 1 aliphatic rings. The van der Waals surface area contributed by atoms with Crippen LogP contribution in [0.4, 0.5) is 0 Å². The number of pyridine rings is 1. The zero-order valence-corrected chi connectivity index (χ0v) is 15.8. The Kier molecular flexibility index (Phi) is 5.30. The van der Waals surface area contributed by atoms with Crippen molar-refractivity contribution in [3.63, 3.8) is 0 Å². The van der Waals surface area contributed by atoms with Crippen LogP contribution < -0.4 is 10.6 Å². The van der Waals surface area contributed by atoms with Crippen LogP contribution in [0.5, 0.6) is 0 Å². The number of carbonyl (C=O) groups is 2. The molecule has 6 nitrogen and oxygen atoms in total. The van der Waals surface area contributed by atoms with Crippen LogP contribution in [0.25, 0.3) is 5.52 Å². The van der Waals surface area contributed by atoms with Gasteiger partial charge in [0, 0.05) is 17.8 Å². The highest BCUT2D eigenvalue weighted by Crippen LogP contribution is 2.19. The largest absolute Gasteiger partial charge is 0.347 e. The van der Waals surface area contributed by atoms with Gasteiger partial charge in [0.15, 0.2) is 5.69 Å². The molecule has 2 aromatic heterocycles. The Morgan fingerprint density at radius 3 is 2.42 bits per heavy atom. The number of carbonyl (C=O) groups excluding carboxylic acids is 2. The Morgan fingerprint density at radius 1 is 1.08 bits per heavy atom. The van der Waals surface area contributed by atoms with E-state index >= 15 is 0 Å². The number of nitrogens with zero attached hydrogens (tertiary/aromatic N) is 2. The number of aromatic nitrogens is 2. The van der Waals surface area contributed by atoms with Gasteiger partial charge in [-0.2, -0.15) is 0 Å². The first-order valence-corrected chi connectivity index (χ1v) is 9.45. The Hall–Kier alpha value is -2.37. The van der Waals surface area contributed by atoms with Gasteiger partial charge in [-0.1, -0.05) is 31.7 Å². The highest BCUT2D eigenvalue weighted by Gasteiger charge is 2.25. The molecule has 1 aliphatic carbocycles. The summed E-state index contributed by atoms with van der Waals surface area (Å²) in [5.74, 6) is -0.216. The number of hydrogen-bond acceptors (Lipinski definition) is 3. The smallest absolute Gasteiger partial charge is 0.287 e. The SMILES string of the molecule is CC(C)(C)NC(=O)c1nc(C(=O)NC2CCCCCC2)n2ccccc12. The molecule has 0 aliphatic heterocycles. The predicted octanol–water partition coefficient (Wildman–Crippen LogP) is 3.32. The predicted molar refractivity (Wildman–Crippen MR) is 101 cm³/mol. The summed E-state index contributed by atoms with van der Waals surface area (Å²) in [5.41, 5.74) is 0.553. The van der Waals surface area contributed by atoms with Gasteiger partial charge in [0.05, 0.1) is 5.52 Å². The van der Waals surface area contributed by atoms with Crippen molar-refractivity contribution in [2.24, 2.45) is 0 Å². The van der Waals surface area contributed by atoms with E-state index < -0.39 is 0 Å². The number of nitrogens with one attached hydrogen (secondary N) is 2. The molecular formula is C20H28N4O2. The van der Waals surface area contributed by atoms with E-state index in [1.165, 1.54) is 12.8 Å². The monoisotopic (exact) mass is 356 g/mol. The van der Waals surface area contributed by atoms with Crippen molar-refractivity contribution in [1.82, 2.24) is 20.0 Å². The summed E-state index contributed by atoms with van der Waals surface area (Å²) in [6.07, 6.45) is 8.54. The minimum Gasteiger partial charge on any atom is -0.347 e. The molecule has 26 heavy (non-hydrogen) atoms. The molecule has 6 heteroatoms. The summed E-state index contributed by atoms with van der Waals surface area (Å²) in [4.78, 5) is 29.9. The summed E-state index contributed by atoms with van der Waals surface area (Å²) < 4.78 is 1.70. The fraction of sp³-hybridized carbons (Fsp3) is 0.550. The second kappa shape index (κ2) is 7.48. The van der Waals surface area contributed by atoms with Crippen molar-refractivity contribution in [2.75, 3.05) is 0 Å². The fourth-order valence-corrected chi connectivity index (χ4v) is 3.44. The third-order valence-corrected chi connectivity index (χ3v) is 4.65. The molecule has 2 N–H and O–H groups in total. The molecule has 0 spiro atoms. The number of amides is 2. The van der Waals surface area contributed by atoms with Gasteiger partial charge < -0.3 is 10.6 Å². The average molecular weight is 356 g/mol. The minimum absolute atomic E-state index is 0.188. The molecule has 1 saturated carbocycles. The number of hydrogen-bond donors (Lipinski definition) is 2. The lowest BCUT2D eigenvalue weighted by atomic mass is 10.1. The number of imidazole rings is 1. The summed E-state index contributed by atoms with van der Waals surface area (Å²) in [7, 11) is 0. The lowest BCUT2D eigenvalue weighted by Gasteiger charge is -2.19. The summed E-state index contributed by atoms with van der Waals surface area (Å²) in [6.45, 7) is 5.76. The van der Waals surface area contributed by atoms with Crippen LogP contribution in [0.3, 0.4) is 0 Å². The van der Waals surface area contributed by atoms with Crippen molar-refractivity contribution >= 4 is 17.3 Å². The maximum atomic E-state index is 12.8. The molecule has 2 amide bonds. The van der Waals surface area contributed by atoms with Gasteiger partial charge in [0.2, 0.25) is 5.82 Å². The van der Waals surface area contributed by atoms with Gasteiger partial charge in [0.25, 0.3) is 11.8 Å². The maximum absolute atomic E-state index is 12.8. The van der Waals surface area contributed by atoms with Crippen LogP contribution in [-0.2, 0) is 0 Å². The first kappa shape index (κ1) is 18.4. The standard InChI is InChI=1S/C20H28N4O2/c1-20(2,3)23-18(25)16-15-12-8-9-13-24(15)17(22-16)19(26)21-14-10-6-4-5-7-11-14/h8-9,12-14H,4-7,10-11H2,1-3H3,(H,21,26)(H,23,25). The molecule has 0 unspecified atom stereocenters. The summed E-state index contributed by atoms with van der Waals surface area (Å²) in [5, 5.41) is 6.04. The zero-order chi connectivity index (χ0) is 18.7. The van der Waals surface area contributed by atoms with Crippen molar-refractivity contribution < 1.29 is 9.59 Å². The van der Waals surface area contributed by atoms with Crippen LogP contribution >= 0.6 is 0 Å². The van der Waals surface area contributed by atoms with Gasteiger partial charge >= 0.3 is 0 Å². The Labute approximate surface area is 154 Å². The van der Waals surface area contributed by atoms with E-state index in [9.17, 15) is 9.59 Å². The first-order valence-electron chi connectivity index (χ1n) is 9.45. The highest BCUT2D eigenvalue weighted by molar-refractivity contribution is 6.02. The quantitative estimate of drug-likeness (QED) is 0.829. The Morgan fingerprint density at radius 2 is 1.77 bits per heavy atom. The molecule has 140 valence electrons. The zero-order valence-electron chi connectivity index (χ0n) is 15.8. The molecular weight excluding hydrogens is 328 g/mol. The minimum atomic E-state index is -0.370. The number of rotatable bonds is 3. The van der Waals surface area contributed by atoms with Crippen molar-refractivity contribution in [1.29, 1.82) is 0 Å². The normalized spacial score (nSPS) is 16.3. The molecule has 0 bridgehead atoms. The van der Waals surface area contributed by atoms with E-state index in [0.29, 0.717) is 5.52 Å². The molecule has 3 rings (SSSR count).